The molecule has 0 aliphatic rings. The van der Waals surface area contributed by atoms with Gasteiger partial charge in [0.1, 0.15) is 0 Å². The maximum atomic E-state index is 12.2. The van der Waals surface area contributed by atoms with E-state index in [-0.39, 0.29) is 5.57 Å². The molecule has 0 fully saturated rings. The fraction of sp³-hybridized carbons (Fsp3) is 0.750. The Morgan fingerprint density at radius 2 is 2.00 bits per heavy atom. The number of halogens is 3. The highest BCUT2D eigenvalue weighted by Gasteiger charge is 2.41. The largest absolute Gasteiger partial charge is 0.418 e. The maximum Gasteiger partial charge on any atom is 0.418 e. The minimum Gasteiger partial charge on any atom is -0.368 e. The average Bonchev–Trinajstić information content (AvgIpc) is 1.97. The van der Waals surface area contributed by atoms with E-state index in [1.807, 2.05) is 0 Å². The van der Waals surface area contributed by atoms with Gasteiger partial charge >= 0.3 is 6.18 Å². The lowest BCUT2D eigenvalue weighted by molar-refractivity contribution is -0.200. The molecule has 0 saturated heterocycles. The molecule has 0 rings (SSSR count). The van der Waals surface area contributed by atoms with Crippen molar-refractivity contribution in [3.63, 3.8) is 0 Å². The van der Waals surface area contributed by atoms with Crippen LogP contribution in [-0.2, 0) is 4.74 Å². The van der Waals surface area contributed by atoms with Crippen molar-refractivity contribution in [2.24, 2.45) is 0 Å². The lowest BCUT2D eigenvalue weighted by atomic mass is 10.1. The molecule has 1 unspecified atom stereocenters. The van der Waals surface area contributed by atoms with Crippen LogP contribution in [0.5, 0.6) is 0 Å². The topological polar surface area (TPSA) is 9.23 Å². The van der Waals surface area contributed by atoms with Crippen LogP contribution < -0.4 is 0 Å². The summed E-state index contributed by atoms with van der Waals surface area (Å²) in [6.07, 6.45) is -4.24. The Balaban J connectivity index is 4.55. The van der Waals surface area contributed by atoms with Crippen molar-refractivity contribution in [2.45, 2.75) is 32.5 Å². The number of hydrogen-bond acceptors (Lipinski definition) is 1. The fourth-order valence-electron chi connectivity index (χ4n) is 1.04. The molecule has 1 atom stereocenters. The van der Waals surface area contributed by atoms with Crippen LogP contribution in [0.4, 0.5) is 13.2 Å². The number of hydrogen-bond donors (Lipinski definition) is 0. The second-order valence-corrected chi connectivity index (χ2v) is 2.37. The van der Waals surface area contributed by atoms with E-state index in [0.29, 0.717) is 6.42 Å². The Hall–Kier alpha value is -0.510. The number of allylic oxidation sites excluding steroid dienone is 1. The van der Waals surface area contributed by atoms with Gasteiger partial charge in [-0.2, -0.15) is 13.2 Å². The predicted octanol–water partition coefficient (Wildman–Crippen LogP) is 2.92. The Morgan fingerprint density at radius 3 is 2.08 bits per heavy atom. The first kappa shape index (κ1) is 11.5. The van der Waals surface area contributed by atoms with Crippen LogP contribution in [0.15, 0.2) is 11.6 Å². The van der Waals surface area contributed by atoms with Crippen molar-refractivity contribution in [2.75, 3.05) is 7.11 Å². The Kier molecular flexibility index (Phi) is 4.31. The zero-order valence-corrected chi connectivity index (χ0v) is 7.40. The highest BCUT2D eigenvalue weighted by Crippen LogP contribution is 2.28. The molecule has 0 aromatic heterocycles. The van der Waals surface area contributed by atoms with E-state index in [0.717, 1.165) is 7.11 Å². The summed E-state index contributed by atoms with van der Waals surface area (Å²) < 4.78 is 40.9. The first-order chi connectivity index (χ1) is 5.47. The van der Waals surface area contributed by atoms with Gasteiger partial charge in [0.05, 0.1) is 0 Å². The second-order valence-electron chi connectivity index (χ2n) is 2.37. The molecule has 0 saturated carbocycles. The van der Waals surface area contributed by atoms with Crippen LogP contribution in [-0.4, -0.2) is 19.4 Å². The third kappa shape index (κ3) is 2.85. The summed E-state index contributed by atoms with van der Waals surface area (Å²) in [6.45, 7) is 3.25. The van der Waals surface area contributed by atoms with Crippen molar-refractivity contribution in [3.05, 3.63) is 11.6 Å². The molecule has 4 heteroatoms. The number of alkyl halides is 3. The fourth-order valence-corrected chi connectivity index (χ4v) is 1.04. The minimum atomic E-state index is -4.30. The van der Waals surface area contributed by atoms with Gasteiger partial charge < -0.3 is 4.74 Å². The van der Waals surface area contributed by atoms with Gasteiger partial charge in [-0.3, -0.25) is 0 Å². The Labute approximate surface area is 70.2 Å². The van der Waals surface area contributed by atoms with Crippen molar-refractivity contribution in [1.82, 2.24) is 0 Å². The van der Waals surface area contributed by atoms with Gasteiger partial charge in [-0.25, -0.2) is 0 Å². The predicted molar refractivity (Wildman–Crippen MR) is 40.9 cm³/mol. The van der Waals surface area contributed by atoms with Gasteiger partial charge in [-0.15, -0.1) is 0 Å². The molecule has 0 heterocycles. The third-order valence-corrected chi connectivity index (χ3v) is 1.65. The van der Waals surface area contributed by atoms with E-state index in [1.54, 1.807) is 13.8 Å². The van der Waals surface area contributed by atoms with Crippen LogP contribution in [0, 0.1) is 0 Å². The van der Waals surface area contributed by atoms with Crippen molar-refractivity contribution < 1.29 is 17.9 Å². The van der Waals surface area contributed by atoms with Crippen molar-refractivity contribution in [3.8, 4) is 0 Å². The maximum absolute atomic E-state index is 12.2. The first-order valence-electron chi connectivity index (χ1n) is 3.71. The van der Waals surface area contributed by atoms with Gasteiger partial charge in [0, 0.05) is 7.11 Å². The smallest absolute Gasteiger partial charge is 0.368 e. The third-order valence-electron chi connectivity index (χ3n) is 1.65. The zero-order valence-electron chi connectivity index (χ0n) is 7.40. The number of ether oxygens (including phenoxy) is 1. The molecule has 0 radical (unpaired) electrons. The average molecular weight is 182 g/mol. The standard InChI is InChI=1S/C8H13F3O/c1-4-6(5-2)7(12-3)8(9,10)11/h4,7H,5H2,1-3H3/b6-4+. The molecular weight excluding hydrogens is 169 g/mol. The molecular formula is C8H13F3O. The van der Waals surface area contributed by atoms with Crippen molar-refractivity contribution in [1.29, 1.82) is 0 Å². The van der Waals surface area contributed by atoms with Gasteiger partial charge in [0.15, 0.2) is 6.10 Å². The van der Waals surface area contributed by atoms with E-state index >= 15 is 0 Å². The second kappa shape index (κ2) is 4.50. The summed E-state index contributed by atoms with van der Waals surface area (Å²) in [6, 6.07) is 0. The SMILES string of the molecule is C/C=C(\CC)C(OC)C(F)(F)F. The molecule has 0 amide bonds. The van der Waals surface area contributed by atoms with Gasteiger partial charge in [0.25, 0.3) is 0 Å². The molecule has 0 spiro atoms. The molecule has 0 aromatic carbocycles. The van der Waals surface area contributed by atoms with Crippen LogP contribution in [0.25, 0.3) is 0 Å². The summed E-state index contributed by atoms with van der Waals surface area (Å²) in [7, 11) is 1.07. The quantitative estimate of drug-likeness (QED) is 0.610. The Morgan fingerprint density at radius 1 is 1.50 bits per heavy atom. The van der Waals surface area contributed by atoms with Gasteiger partial charge in [-0.1, -0.05) is 13.0 Å². The Bertz CT molecular complexity index is 160. The minimum absolute atomic E-state index is 0.269. The molecule has 72 valence electrons. The number of methoxy groups -OCH3 is 1. The van der Waals surface area contributed by atoms with Crippen LogP contribution >= 0.6 is 0 Å². The van der Waals surface area contributed by atoms with E-state index in [2.05, 4.69) is 4.74 Å². The van der Waals surface area contributed by atoms with Crippen LogP contribution in [0.1, 0.15) is 20.3 Å². The highest BCUT2D eigenvalue weighted by atomic mass is 19.4. The lowest BCUT2D eigenvalue weighted by Crippen LogP contribution is -2.32. The van der Waals surface area contributed by atoms with E-state index < -0.39 is 12.3 Å². The van der Waals surface area contributed by atoms with Crippen LogP contribution in [0.2, 0.25) is 0 Å². The van der Waals surface area contributed by atoms with E-state index in [4.69, 9.17) is 0 Å². The monoisotopic (exact) mass is 182 g/mol. The van der Waals surface area contributed by atoms with E-state index in [9.17, 15) is 13.2 Å². The summed E-state index contributed by atoms with van der Waals surface area (Å²) in [5.74, 6) is 0. The normalized spacial score (nSPS) is 16.3. The molecule has 0 N–H and O–H groups in total. The molecule has 0 aromatic rings. The molecule has 0 aliphatic carbocycles. The zero-order chi connectivity index (χ0) is 9.78. The molecule has 1 nitrogen and oxygen atoms in total. The lowest BCUT2D eigenvalue weighted by Gasteiger charge is -2.20. The van der Waals surface area contributed by atoms with Gasteiger partial charge in [0.2, 0.25) is 0 Å². The summed E-state index contributed by atoms with van der Waals surface area (Å²) >= 11 is 0. The molecule has 0 bridgehead atoms. The number of rotatable bonds is 3. The van der Waals surface area contributed by atoms with Gasteiger partial charge in [-0.05, 0) is 18.9 Å². The highest BCUT2D eigenvalue weighted by molar-refractivity contribution is 5.09. The van der Waals surface area contributed by atoms with Crippen LogP contribution in [0.3, 0.4) is 0 Å². The summed E-state index contributed by atoms with van der Waals surface area (Å²) in [5, 5.41) is 0. The van der Waals surface area contributed by atoms with E-state index in [1.165, 1.54) is 6.08 Å². The summed E-state index contributed by atoms with van der Waals surface area (Å²) in [4.78, 5) is 0. The molecule has 12 heavy (non-hydrogen) atoms. The van der Waals surface area contributed by atoms with Crippen molar-refractivity contribution >= 4 is 0 Å². The molecule has 0 aliphatic heterocycles. The summed E-state index contributed by atoms with van der Waals surface area (Å²) in [5.41, 5.74) is 0.269. The first-order valence-corrected chi connectivity index (χ1v) is 3.71.